The Morgan fingerprint density at radius 2 is 0.900 bits per heavy atom. The van der Waals surface area contributed by atoms with Crippen LogP contribution in [0.5, 0.6) is 0 Å². The molecule has 0 aliphatic heterocycles. The summed E-state index contributed by atoms with van der Waals surface area (Å²) in [7, 11) is 0. The van der Waals surface area contributed by atoms with Gasteiger partial charge in [0.15, 0.2) is 0 Å². The van der Waals surface area contributed by atoms with Gasteiger partial charge in [0.1, 0.15) is 0 Å². The molecule has 0 aliphatic rings. The maximum atomic E-state index is 4.63. The molecular weight excluding hydrogens is 625 g/mol. The topological polar surface area (TPSA) is 16.1 Å². The van der Waals surface area contributed by atoms with Crippen molar-refractivity contribution in [3.8, 4) is 22.3 Å². The molecule has 0 N–H and O–H groups in total. The Morgan fingerprint density at radius 3 is 1.54 bits per heavy atom. The highest BCUT2D eigenvalue weighted by atomic mass is 32.1. The minimum Gasteiger partial charge on any atom is -0.310 e. The summed E-state index contributed by atoms with van der Waals surface area (Å²) in [6.07, 6.45) is 1.87. The van der Waals surface area contributed by atoms with Gasteiger partial charge in [0.05, 0.1) is 5.52 Å². The van der Waals surface area contributed by atoms with Crippen LogP contribution in [0.15, 0.2) is 182 Å². The van der Waals surface area contributed by atoms with E-state index in [9.17, 15) is 0 Å². The highest BCUT2D eigenvalue weighted by Crippen LogP contribution is 2.43. The first kappa shape index (κ1) is 28.7. The van der Waals surface area contributed by atoms with Crippen molar-refractivity contribution in [1.82, 2.24) is 4.98 Å². The van der Waals surface area contributed by atoms with E-state index in [0.29, 0.717) is 0 Å². The van der Waals surface area contributed by atoms with Gasteiger partial charge in [-0.2, -0.15) is 0 Å². The number of benzene rings is 8. The summed E-state index contributed by atoms with van der Waals surface area (Å²) in [6.45, 7) is 0. The third-order valence-electron chi connectivity index (χ3n) is 9.82. The molecule has 2 nitrogen and oxygen atoms in total. The van der Waals surface area contributed by atoms with E-state index < -0.39 is 0 Å². The minimum atomic E-state index is 1.03. The molecule has 0 saturated heterocycles. The van der Waals surface area contributed by atoms with Crippen LogP contribution >= 0.6 is 11.3 Å². The second kappa shape index (κ2) is 11.7. The van der Waals surface area contributed by atoms with Crippen molar-refractivity contribution in [2.75, 3.05) is 4.90 Å². The zero-order valence-corrected chi connectivity index (χ0v) is 27.9. The van der Waals surface area contributed by atoms with Crippen LogP contribution < -0.4 is 4.90 Å². The number of rotatable bonds is 5. The zero-order chi connectivity index (χ0) is 33.0. The molecule has 0 amide bonds. The van der Waals surface area contributed by atoms with Crippen molar-refractivity contribution in [3.63, 3.8) is 0 Å². The molecule has 3 heteroatoms. The lowest BCUT2D eigenvalue weighted by molar-refractivity contribution is 1.30. The lowest BCUT2D eigenvalue weighted by Gasteiger charge is -2.26. The first-order valence-electron chi connectivity index (χ1n) is 16.9. The summed E-state index contributed by atoms with van der Waals surface area (Å²) < 4.78 is 2.54. The van der Waals surface area contributed by atoms with Gasteiger partial charge in [-0.3, -0.25) is 4.98 Å². The van der Waals surface area contributed by atoms with Crippen molar-refractivity contribution in [2.24, 2.45) is 0 Å². The van der Waals surface area contributed by atoms with Crippen LogP contribution in [0.4, 0.5) is 17.1 Å². The predicted molar refractivity (Wildman–Crippen MR) is 215 cm³/mol. The Bertz CT molecular complexity index is 2750. The second-order valence-electron chi connectivity index (χ2n) is 12.9. The Morgan fingerprint density at radius 1 is 0.360 bits per heavy atom. The molecule has 0 saturated carbocycles. The van der Waals surface area contributed by atoms with E-state index >= 15 is 0 Å². The number of hydrogen-bond donors (Lipinski definition) is 0. The molecule has 0 bridgehead atoms. The molecule has 2 heterocycles. The number of anilines is 3. The van der Waals surface area contributed by atoms with Crippen molar-refractivity contribution < 1.29 is 0 Å². The third-order valence-corrected chi connectivity index (χ3v) is 10.9. The molecule has 10 rings (SSSR count). The van der Waals surface area contributed by atoms with Gasteiger partial charge in [0.2, 0.25) is 0 Å². The van der Waals surface area contributed by atoms with Gasteiger partial charge in [-0.05, 0) is 111 Å². The molecule has 50 heavy (non-hydrogen) atoms. The Balaban J connectivity index is 1.12. The van der Waals surface area contributed by atoms with Gasteiger partial charge in [0, 0.05) is 48.8 Å². The van der Waals surface area contributed by atoms with E-state index in [1.165, 1.54) is 69.4 Å². The van der Waals surface area contributed by atoms with Crippen molar-refractivity contribution in [3.05, 3.63) is 182 Å². The lowest BCUT2D eigenvalue weighted by atomic mass is 9.99. The summed E-state index contributed by atoms with van der Waals surface area (Å²) in [5.41, 5.74) is 9.33. The fourth-order valence-electron chi connectivity index (χ4n) is 7.28. The van der Waals surface area contributed by atoms with Gasteiger partial charge in [-0.15, -0.1) is 11.3 Å². The Hall–Kier alpha value is -6.29. The molecule has 0 spiro atoms. The number of aromatic nitrogens is 1. The lowest BCUT2D eigenvalue weighted by Crippen LogP contribution is -2.09. The van der Waals surface area contributed by atoms with Crippen molar-refractivity contribution >= 4 is 81.0 Å². The van der Waals surface area contributed by atoms with E-state index in [1.807, 2.05) is 23.6 Å². The molecule has 0 fully saturated rings. The van der Waals surface area contributed by atoms with Crippen LogP contribution in [0.3, 0.4) is 0 Å². The number of thiophene rings is 1. The Kier molecular flexibility index (Phi) is 6.71. The number of fused-ring (bicyclic) bond motifs is 6. The van der Waals surface area contributed by atoms with Gasteiger partial charge in [0.25, 0.3) is 0 Å². The maximum absolute atomic E-state index is 4.63. The van der Waals surface area contributed by atoms with Gasteiger partial charge < -0.3 is 4.90 Å². The molecule has 10 aromatic rings. The molecule has 0 unspecified atom stereocenters. The van der Waals surface area contributed by atoms with Gasteiger partial charge in [-0.25, -0.2) is 0 Å². The van der Waals surface area contributed by atoms with Crippen LogP contribution in [0.1, 0.15) is 0 Å². The van der Waals surface area contributed by atoms with Crippen LogP contribution in [-0.2, 0) is 0 Å². The highest BCUT2D eigenvalue weighted by molar-refractivity contribution is 7.25. The molecular formula is C47H30N2S. The molecule has 0 aliphatic carbocycles. The van der Waals surface area contributed by atoms with E-state index in [1.54, 1.807) is 0 Å². The van der Waals surface area contributed by atoms with Crippen LogP contribution in [0.25, 0.3) is 74.9 Å². The molecule has 0 radical (unpaired) electrons. The monoisotopic (exact) mass is 654 g/mol. The Labute approximate surface area is 294 Å². The molecule has 0 atom stereocenters. The summed E-state index contributed by atoms with van der Waals surface area (Å²) in [5, 5.41) is 8.57. The summed E-state index contributed by atoms with van der Waals surface area (Å²) in [6, 6.07) is 64.0. The standard InChI is InChI=1S/C47H30N2S/c1-3-8-31(9-4-1)33-13-15-37-26-40(19-17-35(37)24-33)49(41-20-18-36-25-34(14-16-38(36)27-41)32-10-5-2-6-11-32)42-21-22-43-44-30-45-39(12-7-23-48-45)28-46(44)50-47(43)29-42/h1-30H. The maximum Gasteiger partial charge on any atom is 0.0709 e. The molecule has 8 aromatic carbocycles. The average Bonchev–Trinajstić information content (AvgIpc) is 3.53. The summed E-state index contributed by atoms with van der Waals surface area (Å²) in [5.74, 6) is 0. The van der Waals surface area contributed by atoms with Crippen LogP contribution in [-0.4, -0.2) is 4.98 Å². The van der Waals surface area contributed by atoms with E-state index in [2.05, 4.69) is 180 Å². The third kappa shape index (κ3) is 4.99. The number of nitrogens with zero attached hydrogens (tertiary/aromatic N) is 2. The van der Waals surface area contributed by atoms with E-state index in [4.69, 9.17) is 0 Å². The van der Waals surface area contributed by atoms with E-state index in [-0.39, 0.29) is 0 Å². The smallest absolute Gasteiger partial charge is 0.0709 e. The highest BCUT2D eigenvalue weighted by Gasteiger charge is 2.17. The first-order chi connectivity index (χ1) is 24.7. The minimum absolute atomic E-state index is 1.03. The molecule has 2 aromatic heterocycles. The zero-order valence-electron chi connectivity index (χ0n) is 27.1. The summed E-state index contributed by atoms with van der Waals surface area (Å²) in [4.78, 5) is 7.03. The normalized spacial score (nSPS) is 11.6. The van der Waals surface area contributed by atoms with Crippen LogP contribution in [0, 0.1) is 0 Å². The van der Waals surface area contributed by atoms with Crippen molar-refractivity contribution in [2.45, 2.75) is 0 Å². The van der Waals surface area contributed by atoms with E-state index in [0.717, 1.165) is 22.6 Å². The number of hydrogen-bond acceptors (Lipinski definition) is 3. The predicted octanol–water partition coefficient (Wildman–Crippen LogP) is 13.7. The second-order valence-corrected chi connectivity index (χ2v) is 14.0. The largest absolute Gasteiger partial charge is 0.310 e. The summed E-state index contributed by atoms with van der Waals surface area (Å²) >= 11 is 1.85. The van der Waals surface area contributed by atoms with Crippen molar-refractivity contribution in [1.29, 1.82) is 0 Å². The fraction of sp³-hybridized carbons (Fsp3) is 0. The van der Waals surface area contributed by atoms with Crippen LogP contribution in [0.2, 0.25) is 0 Å². The van der Waals surface area contributed by atoms with Gasteiger partial charge >= 0.3 is 0 Å². The molecule has 234 valence electrons. The quantitative estimate of drug-likeness (QED) is 0.184. The van der Waals surface area contributed by atoms with Gasteiger partial charge in [-0.1, -0.05) is 109 Å². The fourth-order valence-corrected chi connectivity index (χ4v) is 8.45. The number of pyridine rings is 1. The average molecular weight is 655 g/mol. The first-order valence-corrected chi connectivity index (χ1v) is 17.7. The SMILES string of the molecule is c1ccc(-c2ccc3cc(N(c4ccc5cc(-c6ccccc6)ccc5c4)c4ccc5c(c4)sc4cc6cccnc6cc45)ccc3c2)cc1.